The van der Waals surface area contributed by atoms with Gasteiger partial charge in [0.25, 0.3) is 0 Å². The molecule has 3 heterocycles. The molecule has 1 saturated heterocycles. The number of rotatable bonds is 7. The Morgan fingerprint density at radius 2 is 2.29 bits per heavy atom. The number of nitrogens with zero attached hydrogens (tertiary/aromatic N) is 3. The van der Waals surface area contributed by atoms with E-state index >= 15 is 0 Å². The van der Waals surface area contributed by atoms with Crippen LogP contribution in [0.2, 0.25) is 0 Å². The lowest BCUT2D eigenvalue weighted by atomic mass is 10.1. The van der Waals surface area contributed by atoms with E-state index in [-0.39, 0.29) is 6.10 Å². The summed E-state index contributed by atoms with van der Waals surface area (Å²) >= 11 is 1.81. The fourth-order valence-corrected chi connectivity index (χ4v) is 4.25. The largest absolute Gasteiger partial charge is 0.376 e. The van der Waals surface area contributed by atoms with Crippen LogP contribution in [0.1, 0.15) is 36.0 Å². The molecular weight excluding hydrogens is 370 g/mol. The average molecular weight is 402 g/mol. The molecule has 2 aromatic rings. The van der Waals surface area contributed by atoms with Crippen molar-refractivity contribution in [3.63, 3.8) is 0 Å². The van der Waals surface area contributed by atoms with E-state index in [1.807, 2.05) is 23.6 Å². The fourth-order valence-electron chi connectivity index (χ4n) is 3.39. The Bertz CT molecular complexity index is 749. The van der Waals surface area contributed by atoms with Crippen molar-refractivity contribution in [3.8, 4) is 0 Å². The van der Waals surface area contributed by atoms with Gasteiger partial charge in [-0.15, -0.1) is 11.3 Å². The second-order valence-corrected chi connectivity index (χ2v) is 8.03. The van der Waals surface area contributed by atoms with Gasteiger partial charge in [-0.1, -0.05) is 12.1 Å². The predicted molar refractivity (Wildman–Crippen MR) is 116 cm³/mol. The van der Waals surface area contributed by atoms with Gasteiger partial charge in [0.05, 0.1) is 31.0 Å². The SMILES string of the molecule is CCNC(=NCc1ncccc1C)NCC(c1cccs1)N1CCOC(C)C1. The summed E-state index contributed by atoms with van der Waals surface area (Å²) in [5, 5.41) is 9.05. The second kappa shape index (κ2) is 10.5. The van der Waals surface area contributed by atoms with Gasteiger partial charge in [-0.3, -0.25) is 9.88 Å². The molecule has 0 radical (unpaired) electrons. The van der Waals surface area contributed by atoms with E-state index in [2.05, 4.69) is 64.9 Å². The first-order chi connectivity index (χ1) is 13.7. The number of guanidine groups is 1. The van der Waals surface area contributed by atoms with Gasteiger partial charge in [-0.05, 0) is 43.8 Å². The van der Waals surface area contributed by atoms with Crippen LogP contribution in [0, 0.1) is 6.92 Å². The summed E-state index contributed by atoms with van der Waals surface area (Å²) in [5.74, 6) is 0.829. The molecule has 0 spiro atoms. The maximum Gasteiger partial charge on any atom is 0.191 e. The van der Waals surface area contributed by atoms with Crippen LogP contribution in [0.5, 0.6) is 0 Å². The highest BCUT2D eigenvalue weighted by atomic mass is 32.1. The number of aromatic nitrogens is 1. The van der Waals surface area contributed by atoms with Gasteiger partial charge < -0.3 is 15.4 Å². The van der Waals surface area contributed by atoms with Crippen molar-refractivity contribution in [1.29, 1.82) is 0 Å². The summed E-state index contributed by atoms with van der Waals surface area (Å²) < 4.78 is 5.74. The number of hydrogen-bond donors (Lipinski definition) is 2. The van der Waals surface area contributed by atoms with Gasteiger partial charge >= 0.3 is 0 Å². The molecule has 3 rings (SSSR count). The molecule has 0 bridgehead atoms. The summed E-state index contributed by atoms with van der Waals surface area (Å²) in [7, 11) is 0. The molecule has 0 amide bonds. The molecule has 1 aliphatic rings. The molecule has 2 unspecified atom stereocenters. The van der Waals surface area contributed by atoms with Crippen molar-refractivity contribution >= 4 is 17.3 Å². The van der Waals surface area contributed by atoms with E-state index in [0.29, 0.717) is 12.6 Å². The van der Waals surface area contributed by atoms with Crippen LogP contribution >= 0.6 is 11.3 Å². The molecule has 0 saturated carbocycles. The monoisotopic (exact) mass is 401 g/mol. The Kier molecular flexibility index (Phi) is 7.82. The first kappa shape index (κ1) is 20.8. The smallest absolute Gasteiger partial charge is 0.191 e. The number of hydrogen-bond acceptors (Lipinski definition) is 5. The number of morpholine rings is 1. The average Bonchev–Trinajstić information content (AvgIpc) is 3.22. The van der Waals surface area contributed by atoms with E-state index < -0.39 is 0 Å². The van der Waals surface area contributed by atoms with Crippen molar-refractivity contribution in [2.45, 2.75) is 39.5 Å². The third-order valence-corrected chi connectivity index (χ3v) is 5.87. The quantitative estimate of drug-likeness (QED) is 0.552. The van der Waals surface area contributed by atoms with Crippen molar-refractivity contribution in [1.82, 2.24) is 20.5 Å². The molecule has 2 atom stereocenters. The maximum atomic E-state index is 5.74. The van der Waals surface area contributed by atoms with Crippen LogP contribution in [0.3, 0.4) is 0 Å². The number of ether oxygens (including phenoxy) is 1. The number of pyridine rings is 1. The fraction of sp³-hybridized carbons (Fsp3) is 0.524. The predicted octanol–water partition coefficient (Wildman–Crippen LogP) is 2.97. The van der Waals surface area contributed by atoms with Gasteiger partial charge in [-0.2, -0.15) is 0 Å². The van der Waals surface area contributed by atoms with Crippen LogP contribution in [-0.2, 0) is 11.3 Å². The van der Waals surface area contributed by atoms with Gasteiger partial charge in [0.1, 0.15) is 0 Å². The minimum absolute atomic E-state index is 0.269. The van der Waals surface area contributed by atoms with Gasteiger partial charge in [0, 0.05) is 37.3 Å². The number of thiophene rings is 1. The summed E-state index contributed by atoms with van der Waals surface area (Å²) in [4.78, 5) is 13.1. The minimum atomic E-state index is 0.269. The molecule has 0 aromatic carbocycles. The highest BCUT2D eigenvalue weighted by Gasteiger charge is 2.26. The van der Waals surface area contributed by atoms with Crippen molar-refractivity contribution in [3.05, 3.63) is 52.0 Å². The normalized spacial score (nSPS) is 19.4. The molecule has 7 heteroatoms. The zero-order valence-corrected chi connectivity index (χ0v) is 17.8. The zero-order chi connectivity index (χ0) is 19.8. The first-order valence-corrected chi connectivity index (χ1v) is 10.9. The molecule has 2 aromatic heterocycles. The number of aliphatic imine (C=N–C) groups is 1. The van der Waals surface area contributed by atoms with E-state index in [4.69, 9.17) is 9.73 Å². The van der Waals surface area contributed by atoms with Crippen LogP contribution < -0.4 is 10.6 Å². The molecule has 2 N–H and O–H groups in total. The molecule has 1 aliphatic heterocycles. The van der Waals surface area contributed by atoms with Crippen LogP contribution in [0.25, 0.3) is 0 Å². The van der Waals surface area contributed by atoms with Crippen molar-refractivity contribution in [2.24, 2.45) is 4.99 Å². The summed E-state index contributed by atoms with van der Waals surface area (Å²) in [5.41, 5.74) is 2.18. The lowest BCUT2D eigenvalue weighted by Crippen LogP contribution is -2.48. The number of aryl methyl sites for hydroxylation is 1. The standard InChI is InChI=1S/C21H31N5OS/c1-4-22-21(24-13-18-16(2)7-5-9-23-18)25-14-19(20-8-6-12-28-20)26-10-11-27-17(3)15-26/h5-9,12,17,19H,4,10-11,13-15H2,1-3H3,(H2,22,24,25). The Balaban J connectivity index is 1.68. The topological polar surface area (TPSA) is 61.8 Å². The summed E-state index contributed by atoms with van der Waals surface area (Å²) in [6, 6.07) is 8.69. The first-order valence-electron chi connectivity index (χ1n) is 9.99. The summed E-state index contributed by atoms with van der Waals surface area (Å²) in [6.07, 6.45) is 2.09. The van der Waals surface area contributed by atoms with E-state index in [1.54, 1.807) is 0 Å². The Morgan fingerprint density at radius 1 is 1.39 bits per heavy atom. The van der Waals surface area contributed by atoms with Crippen LogP contribution in [-0.4, -0.2) is 54.7 Å². The Morgan fingerprint density at radius 3 is 3.00 bits per heavy atom. The van der Waals surface area contributed by atoms with E-state index in [0.717, 1.165) is 44.4 Å². The molecule has 0 aliphatic carbocycles. The zero-order valence-electron chi connectivity index (χ0n) is 17.0. The third-order valence-electron chi connectivity index (χ3n) is 4.90. The Labute approximate surface area is 172 Å². The van der Waals surface area contributed by atoms with Crippen molar-refractivity contribution < 1.29 is 4.74 Å². The summed E-state index contributed by atoms with van der Waals surface area (Å²) in [6.45, 7) is 11.2. The highest BCUT2D eigenvalue weighted by molar-refractivity contribution is 7.10. The van der Waals surface area contributed by atoms with Crippen LogP contribution in [0.4, 0.5) is 0 Å². The highest BCUT2D eigenvalue weighted by Crippen LogP contribution is 2.26. The Hall–Kier alpha value is -1.96. The van der Waals surface area contributed by atoms with Crippen LogP contribution in [0.15, 0.2) is 40.8 Å². The third kappa shape index (κ3) is 5.77. The molecule has 28 heavy (non-hydrogen) atoms. The van der Waals surface area contributed by atoms with Gasteiger partial charge in [0.2, 0.25) is 0 Å². The van der Waals surface area contributed by atoms with E-state index in [9.17, 15) is 0 Å². The maximum absolute atomic E-state index is 5.74. The molecule has 1 fully saturated rings. The second-order valence-electron chi connectivity index (χ2n) is 7.05. The van der Waals surface area contributed by atoms with Gasteiger partial charge in [0.15, 0.2) is 5.96 Å². The van der Waals surface area contributed by atoms with Crippen molar-refractivity contribution in [2.75, 3.05) is 32.8 Å². The van der Waals surface area contributed by atoms with Gasteiger partial charge in [-0.25, -0.2) is 4.99 Å². The lowest BCUT2D eigenvalue weighted by Gasteiger charge is -2.37. The van der Waals surface area contributed by atoms with E-state index in [1.165, 1.54) is 10.4 Å². The number of nitrogens with one attached hydrogen (secondary N) is 2. The molecule has 152 valence electrons. The minimum Gasteiger partial charge on any atom is -0.376 e. The lowest BCUT2D eigenvalue weighted by molar-refractivity contribution is -0.0334. The molecular formula is C21H31N5OS. The molecule has 6 nitrogen and oxygen atoms in total.